The van der Waals surface area contributed by atoms with Gasteiger partial charge >= 0.3 is 0 Å². The normalized spacial score (nSPS) is 15.8. The van der Waals surface area contributed by atoms with Gasteiger partial charge in [-0.05, 0) is 19.9 Å². The van der Waals surface area contributed by atoms with Crippen LogP contribution in [0.2, 0.25) is 0 Å². The number of fused-ring (bicyclic) bond motifs is 1. The SMILES string of the molecule is Cc1nc2ncnn2c(N2CC(n3cccn3)C2)c1C. The summed E-state index contributed by atoms with van der Waals surface area (Å²) in [5.41, 5.74) is 2.16. The van der Waals surface area contributed by atoms with E-state index in [9.17, 15) is 0 Å². The Morgan fingerprint density at radius 1 is 1.20 bits per heavy atom. The van der Waals surface area contributed by atoms with Gasteiger partial charge in [-0.25, -0.2) is 4.98 Å². The summed E-state index contributed by atoms with van der Waals surface area (Å²) in [7, 11) is 0. The van der Waals surface area contributed by atoms with Crippen LogP contribution in [0.3, 0.4) is 0 Å². The van der Waals surface area contributed by atoms with Gasteiger partial charge in [0.05, 0.1) is 6.04 Å². The van der Waals surface area contributed by atoms with Gasteiger partial charge in [0.2, 0.25) is 0 Å². The van der Waals surface area contributed by atoms with Gasteiger partial charge in [0.15, 0.2) is 0 Å². The predicted octanol–water partition coefficient (Wildman–Crippen LogP) is 0.999. The highest BCUT2D eigenvalue weighted by atomic mass is 15.4. The number of anilines is 1. The summed E-state index contributed by atoms with van der Waals surface area (Å²) >= 11 is 0. The van der Waals surface area contributed by atoms with Crippen LogP contribution in [0.15, 0.2) is 24.8 Å². The van der Waals surface area contributed by atoms with E-state index >= 15 is 0 Å². The molecule has 4 heterocycles. The van der Waals surface area contributed by atoms with Gasteiger partial charge in [-0.3, -0.25) is 4.68 Å². The minimum absolute atomic E-state index is 0.427. The molecule has 1 aliphatic heterocycles. The molecule has 0 amide bonds. The summed E-state index contributed by atoms with van der Waals surface area (Å²) in [6.45, 7) is 5.96. The van der Waals surface area contributed by atoms with E-state index in [4.69, 9.17) is 0 Å². The molecule has 4 rings (SSSR count). The molecule has 1 saturated heterocycles. The molecule has 102 valence electrons. The summed E-state index contributed by atoms with van der Waals surface area (Å²) < 4.78 is 3.83. The van der Waals surface area contributed by atoms with Crippen molar-refractivity contribution in [3.8, 4) is 0 Å². The molecule has 3 aromatic heterocycles. The lowest BCUT2D eigenvalue weighted by molar-refractivity contribution is 0.363. The van der Waals surface area contributed by atoms with E-state index < -0.39 is 0 Å². The molecule has 0 N–H and O–H groups in total. The van der Waals surface area contributed by atoms with Gasteiger partial charge in [0.1, 0.15) is 12.1 Å². The third-order valence-electron chi connectivity index (χ3n) is 3.94. The maximum Gasteiger partial charge on any atom is 0.254 e. The summed E-state index contributed by atoms with van der Waals surface area (Å²) in [6, 6.07) is 2.39. The monoisotopic (exact) mass is 269 g/mol. The van der Waals surface area contributed by atoms with Crippen molar-refractivity contribution in [2.45, 2.75) is 19.9 Å². The molecule has 7 nitrogen and oxygen atoms in total. The van der Waals surface area contributed by atoms with Crippen LogP contribution in [0.4, 0.5) is 5.82 Å². The third-order valence-corrected chi connectivity index (χ3v) is 3.94. The van der Waals surface area contributed by atoms with Crippen LogP contribution in [-0.2, 0) is 0 Å². The first kappa shape index (κ1) is 11.4. The zero-order valence-electron chi connectivity index (χ0n) is 11.4. The van der Waals surface area contributed by atoms with Crippen LogP contribution in [0, 0.1) is 13.8 Å². The summed E-state index contributed by atoms with van der Waals surface area (Å²) in [6.07, 6.45) is 5.38. The molecule has 0 unspecified atom stereocenters. The maximum absolute atomic E-state index is 4.45. The van der Waals surface area contributed by atoms with Crippen molar-refractivity contribution in [1.82, 2.24) is 29.4 Å². The first-order valence-corrected chi connectivity index (χ1v) is 6.65. The van der Waals surface area contributed by atoms with Crippen molar-refractivity contribution in [2.75, 3.05) is 18.0 Å². The van der Waals surface area contributed by atoms with Gasteiger partial charge in [-0.1, -0.05) is 0 Å². The molecule has 0 aliphatic carbocycles. The fourth-order valence-corrected chi connectivity index (χ4v) is 2.68. The van der Waals surface area contributed by atoms with Crippen LogP contribution in [0.1, 0.15) is 17.3 Å². The fraction of sp³-hybridized carbons (Fsp3) is 0.385. The maximum atomic E-state index is 4.45. The lowest BCUT2D eigenvalue weighted by Crippen LogP contribution is -2.49. The summed E-state index contributed by atoms with van der Waals surface area (Å²) in [4.78, 5) is 10.9. The lowest BCUT2D eigenvalue weighted by Gasteiger charge is -2.41. The molecule has 1 fully saturated rings. The molecule has 0 radical (unpaired) electrons. The highest BCUT2D eigenvalue weighted by Gasteiger charge is 2.32. The Labute approximate surface area is 115 Å². The largest absolute Gasteiger partial charge is 0.352 e. The Hall–Kier alpha value is -2.44. The second-order valence-electron chi connectivity index (χ2n) is 5.16. The third kappa shape index (κ3) is 1.52. The van der Waals surface area contributed by atoms with Crippen LogP contribution in [0.25, 0.3) is 5.78 Å². The van der Waals surface area contributed by atoms with Gasteiger partial charge < -0.3 is 4.90 Å². The Bertz CT molecular complexity index is 752. The first-order chi connectivity index (χ1) is 9.74. The molecule has 20 heavy (non-hydrogen) atoms. The molecular formula is C13H15N7. The standard InChI is InChI=1S/C13H15N7/c1-9-10(2)17-13-14-8-16-20(13)12(9)18-6-11(7-18)19-5-3-4-15-19/h3-5,8,11H,6-7H2,1-2H3. The van der Waals surface area contributed by atoms with Crippen molar-refractivity contribution in [1.29, 1.82) is 0 Å². The van der Waals surface area contributed by atoms with E-state index in [0.717, 1.165) is 30.2 Å². The molecule has 0 saturated carbocycles. The number of hydrogen-bond donors (Lipinski definition) is 0. The Kier molecular flexibility index (Phi) is 2.29. The minimum Gasteiger partial charge on any atom is -0.352 e. The smallest absolute Gasteiger partial charge is 0.254 e. The Morgan fingerprint density at radius 3 is 2.80 bits per heavy atom. The number of aromatic nitrogens is 6. The van der Waals surface area contributed by atoms with E-state index in [1.807, 2.05) is 34.6 Å². The van der Waals surface area contributed by atoms with Crippen LogP contribution in [0.5, 0.6) is 0 Å². The average molecular weight is 269 g/mol. The molecular weight excluding hydrogens is 254 g/mol. The van der Waals surface area contributed by atoms with E-state index in [2.05, 4.69) is 32.0 Å². The second-order valence-corrected chi connectivity index (χ2v) is 5.16. The molecule has 1 aliphatic rings. The zero-order valence-corrected chi connectivity index (χ0v) is 11.4. The predicted molar refractivity (Wildman–Crippen MR) is 73.7 cm³/mol. The molecule has 0 atom stereocenters. The Morgan fingerprint density at radius 2 is 2.05 bits per heavy atom. The zero-order chi connectivity index (χ0) is 13.7. The summed E-state index contributed by atoms with van der Waals surface area (Å²) in [5, 5.41) is 8.59. The number of hydrogen-bond acceptors (Lipinski definition) is 5. The topological polar surface area (TPSA) is 64.1 Å². The fourth-order valence-electron chi connectivity index (χ4n) is 2.68. The van der Waals surface area contributed by atoms with E-state index in [1.54, 1.807) is 6.33 Å². The van der Waals surface area contributed by atoms with E-state index in [-0.39, 0.29) is 0 Å². The van der Waals surface area contributed by atoms with Gasteiger partial charge in [0, 0.05) is 36.7 Å². The van der Waals surface area contributed by atoms with Gasteiger partial charge in [-0.15, -0.1) is 0 Å². The number of aryl methyl sites for hydroxylation is 1. The Balaban J connectivity index is 1.70. The average Bonchev–Trinajstić information content (AvgIpc) is 3.02. The minimum atomic E-state index is 0.427. The highest BCUT2D eigenvalue weighted by Crippen LogP contribution is 2.30. The van der Waals surface area contributed by atoms with Crippen LogP contribution >= 0.6 is 0 Å². The van der Waals surface area contributed by atoms with Crippen molar-refractivity contribution in [3.05, 3.63) is 36.0 Å². The number of rotatable bonds is 2. The van der Waals surface area contributed by atoms with Crippen LogP contribution < -0.4 is 4.90 Å². The van der Waals surface area contributed by atoms with Crippen molar-refractivity contribution >= 4 is 11.6 Å². The van der Waals surface area contributed by atoms with Gasteiger partial charge in [0.25, 0.3) is 5.78 Å². The molecule has 0 aromatic carbocycles. The molecule has 0 spiro atoms. The number of nitrogens with zero attached hydrogens (tertiary/aromatic N) is 7. The first-order valence-electron chi connectivity index (χ1n) is 6.65. The van der Waals surface area contributed by atoms with Gasteiger partial charge in [-0.2, -0.15) is 19.7 Å². The quantitative estimate of drug-likeness (QED) is 0.694. The second kappa shape index (κ2) is 4.03. The molecule has 0 bridgehead atoms. The lowest BCUT2D eigenvalue weighted by atomic mass is 10.1. The molecule has 7 heteroatoms. The van der Waals surface area contributed by atoms with E-state index in [0.29, 0.717) is 11.8 Å². The van der Waals surface area contributed by atoms with E-state index in [1.165, 1.54) is 0 Å². The van der Waals surface area contributed by atoms with Crippen molar-refractivity contribution < 1.29 is 0 Å². The highest BCUT2D eigenvalue weighted by molar-refractivity contribution is 5.55. The van der Waals surface area contributed by atoms with Crippen LogP contribution in [-0.4, -0.2) is 42.5 Å². The van der Waals surface area contributed by atoms with Crippen molar-refractivity contribution in [2.24, 2.45) is 0 Å². The molecule has 3 aromatic rings. The van der Waals surface area contributed by atoms with Crippen molar-refractivity contribution in [3.63, 3.8) is 0 Å². The summed E-state index contributed by atoms with van der Waals surface area (Å²) in [5.74, 6) is 1.75.